The van der Waals surface area contributed by atoms with E-state index in [4.69, 9.17) is 9.84 Å². The van der Waals surface area contributed by atoms with Crippen LogP contribution in [0.15, 0.2) is 11.6 Å². The largest absolute Gasteiger partial charge is 0.478 e. The monoisotopic (exact) mass is 293 g/mol. The molecular formula is C11H19NO6S. The lowest BCUT2D eigenvalue weighted by atomic mass is 10.1. The van der Waals surface area contributed by atoms with E-state index in [1.165, 1.54) is 0 Å². The van der Waals surface area contributed by atoms with Gasteiger partial charge in [0.05, 0.1) is 23.2 Å². The summed E-state index contributed by atoms with van der Waals surface area (Å²) in [6, 6.07) is 0. The predicted octanol–water partition coefficient (Wildman–Crippen LogP) is 0.673. The van der Waals surface area contributed by atoms with Crippen LogP contribution in [0.3, 0.4) is 0 Å². The maximum atomic E-state index is 11.8. The fourth-order valence-electron chi connectivity index (χ4n) is 1.74. The molecule has 8 heteroatoms. The summed E-state index contributed by atoms with van der Waals surface area (Å²) in [6.07, 6.45) is 1.30. The standard InChI is InChI=1S/C11H19NO6S/c1-2-4-18-11(15)8(6-10(13)14)9-7-12-3-5-19(9,16)17/h6,9,12,16-17H,2-5,7H2,1H3,(H,13,14)/b8-6+. The summed E-state index contributed by atoms with van der Waals surface area (Å²) in [7, 11) is -3.03. The van der Waals surface area contributed by atoms with Crippen molar-refractivity contribution in [3.63, 3.8) is 0 Å². The number of rotatable bonds is 5. The number of esters is 1. The Balaban J connectivity index is 2.96. The third-order valence-corrected chi connectivity index (χ3v) is 4.80. The molecule has 1 rings (SSSR count). The van der Waals surface area contributed by atoms with Crippen molar-refractivity contribution in [2.45, 2.75) is 18.6 Å². The number of carbonyl (C=O) groups is 2. The molecule has 0 amide bonds. The maximum Gasteiger partial charge on any atom is 0.336 e. The van der Waals surface area contributed by atoms with Crippen LogP contribution in [0.1, 0.15) is 13.3 Å². The van der Waals surface area contributed by atoms with Gasteiger partial charge in [0, 0.05) is 19.2 Å². The molecule has 7 nitrogen and oxygen atoms in total. The molecular weight excluding hydrogens is 274 g/mol. The fourth-order valence-corrected chi connectivity index (χ4v) is 3.42. The lowest BCUT2D eigenvalue weighted by Crippen LogP contribution is -2.44. The Kier molecular flexibility index (Phi) is 5.80. The van der Waals surface area contributed by atoms with Crippen LogP contribution in [0, 0.1) is 0 Å². The minimum absolute atomic E-state index is 0.0929. The molecule has 1 atom stereocenters. The van der Waals surface area contributed by atoms with E-state index in [1.807, 2.05) is 6.92 Å². The van der Waals surface area contributed by atoms with Gasteiger partial charge in [-0.3, -0.25) is 9.11 Å². The molecule has 110 valence electrons. The topological polar surface area (TPSA) is 116 Å². The van der Waals surface area contributed by atoms with E-state index in [2.05, 4.69) is 5.32 Å². The van der Waals surface area contributed by atoms with Gasteiger partial charge in [0.25, 0.3) is 0 Å². The molecule has 0 spiro atoms. The molecule has 0 aromatic carbocycles. The van der Waals surface area contributed by atoms with Crippen molar-refractivity contribution in [2.75, 3.05) is 25.4 Å². The number of carboxylic acids is 1. The minimum atomic E-state index is -3.03. The summed E-state index contributed by atoms with van der Waals surface area (Å²) in [5.74, 6) is -2.03. The summed E-state index contributed by atoms with van der Waals surface area (Å²) in [5.41, 5.74) is -0.201. The lowest BCUT2D eigenvalue weighted by molar-refractivity contribution is -0.140. The lowest BCUT2D eigenvalue weighted by Gasteiger charge is -2.44. The van der Waals surface area contributed by atoms with Gasteiger partial charge in [0.15, 0.2) is 0 Å². The molecule has 1 saturated heterocycles. The Bertz CT molecular complexity index is 381. The first-order chi connectivity index (χ1) is 8.88. The van der Waals surface area contributed by atoms with E-state index < -0.39 is 27.8 Å². The molecule has 0 aromatic rings. The Morgan fingerprint density at radius 3 is 2.68 bits per heavy atom. The van der Waals surface area contributed by atoms with Crippen LogP contribution in [0.4, 0.5) is 0 Å². The van der Waals surface area contributed by atoms with Gasteiger partial charge in [0.2, 0.25) is 0 Å². The van der Waals surface area contributed by atoms with Gasteiger partial charge < -0.3 is 15.2 Å². The van der Waals surface area contributed by atoms with E-state index in [0.29, 0.717) is 19.0 Å². The number of carbonyl (C=O) groups excluding carboxylic acids is 1. The number of aliphatic carboxylic acids is 1. The molecule has 0 radical (unpaired) electrons. The molecule has 1 heterocycles. The Morgan fingerprint density at radius 1 is 1.47 bits per heavy atom. The van der Waals surface area contributed by atoms with Crippen molar-refractivity contribution in [2.24, 2.45) is 0 Å². The van der Waals surface area contributed by atoms with Gasteiger partial charge in [-0.05, 0) is 6.42 Å². The first kappa shape index (κ1) is 16.0. The molecule has 1 unspecified atom stereocenters. The van der Waals surface area contributed by atoms with Crippen molar-refractivity contribution in [1.82, 2.24) is 5.32 Å². The molecule has 1 aliphatic rings. The average Bonchev–Trinajstić information content (AvgIpc) is 2.33. The second-order valence-electron chi connectivity index (χ2n) is 4.19. The fraction of sp³-hybridized carbons (Fsp3) is 0.636. The smallest absolute Gasteiger partial charge is 0.336 e. The third-order valence-electron chi connectivity index (χ3n) is 2.66. The van der Waals surface area contributed by atoms with Crippen molar-refractivity contribution in [3.05, 3.63) is 11.6 Å². The van der Waals surface area contributed by atoms with Crippen LogP contribution in [0.5, 0.6) is 0 Å². The quantitative estimate of drug-likeness (QED) is 0.435. The highest BCUT2D eigenvalue weighted by atomic mass is 32.3. The summed E-state index contributed by atoms with van der Waals surface area (Å²) < 4.78 is 24.8. The molecule has 1 aliphatic heterocycles. The number of ether oxygens (including phenoxy) is 1. The second kappa shape index (κ2) is 6.90. The van der Waals surface area contributed by atoms with Crippen LogP contribution >= 0.6 is 10.6 Å². The van der Waals surface area contributed by atoms with Gasteiger partial charge in [0.1, 0.15) is 0 Å². The van der Waals surface area contributed by atoms with Gasteiger partial charge in [-0.2, -0.15) is 10.6 Å². The zero-order chi connectivity index (χ0) is 14.5. The van der Waals surface area contributed by atoms with Crippen molar-refractivity contribution < 1.29 is 28.5 Å². The van der Waals surface area contributed by atoms with Crippen LogP contribution in [0.25, 0.3) is 0 Å². The molecule has 4 N–H and O–H groups in total. The van der Waals surface area contributed by atoms with Gasteiger partial charge >= 0.3 is 11.9 Å². The summed E-state index contributed by atoms with van der Waals surface area (Å²) >= 11 is 0. The van der Waals surface area contributed by atoms with E-state index in [0.717, 1.165) is 0 Å². The molecule has 0 aliphatic carbocycles. The Morgan fingerprint density at radius 2 is 2.16 bits per heavy atom. The van der Waals surface area contributed by atoms with E-state index in [-0.39, 0.29) is 24.5 Å². The zero-order valence-electron chi connectivity index (χ0n) is 10.7. The maximum absolute atomic E-state index is 11.8. The van der Waals surface area contributed by atoms with Gasteiger partial charge in [-0.25, -0.2) is 9.59 Å². The summed E-state index contributed by atoms with van der Waals surface area (Å²) in [4.78, 5) is 22.6. The van der Waals surface area contributed by atoms with Crippen LogP contribution in [-0.2, 0) is 14.3 Å². The van der Waals surface area contributed by atoms with Crippen molar-refractivity contribution in [3.8, 4) is 0 Å². The SMILES string of the molecule is CCCOC(=O)/C(=C/C(=O)O)C1CNCCS1(O)O. The normalized spacial score (nSPS) is 24.6. The molecule has 0 bridgehead atoms. The summed E-state index contributed by atoms with van der Waals surface area (Å²) in [5, 5.41) is 10.8. The van der Waals surface area contributed by atoms with Crippen LogP contribution in [-0.4, -0.2) is 56.8 Å². The average molecular weight is 293 g/mol. The zero-order valence-corrected chi connectivity index (χ0v) is 11.5. The second-order valence-corrected chi connectivity index (χ2v) is 6.60. The van der Waals surface area contributed by atoms with Crippen molar-refractivity contribution >= 4 is 22.5 Å². The Hall–Kier alpha value is -1.09. The van der Waals surface area contributed by atoms with E-state index >= 15 is 0 Å². The first-order valence-corrected chi connectivity index (χ1v) is 7.73. The van der Waals surface area contributed by atoms with Crippen LogP contribution < -0.4 is 5.32 Å². The van der Waals surface area contributed by atoms with Gasteiger partial charge in [-0.1, -0.05) is 6.92 Å². The number of carboxylic acid groups (broad SMARTS) is 1. The minimum Gasteiger partial charge on any atom is -0.478 e. The van der Waals surface area contributed by atoms with Gasteiger partial charge in [-0.15, -0.1) is 0 Å². The van der Waals surface area contributed by atoms with Crippen LogP contribution in [0.2, 0.25) is 0 Å². The highest BCUT2D eigenvalue weighted by Crippen LogP contribution is 2.48. The van der Waals surface area contributed by atoms with E-state index in [1.54, 1.807) is 0 Å². The first-order valence-electron chi connectivity index (χ1n) is 5.95. The number of hydrogen-bond acceptors (Lipinski definition) is 6. The predicted molar refractivity (Wildman–Crippen MR) is 71.3 cm³/mol. The van der Waals surface area contributed by atoms with E-state index in [9.17, 15) is 18.7 Å². The highest BCUT2D eigenvalue weighted by Gasteiger charge is 2.36. The molecule has 0 saturated carbocycles. The third kappa shape index (κ3) is 4.50. The van der Waals surface area contributed by atoms with Crippen molar-refractivity contribution in [1.29, 1.82) is 0 Å². The Labute approximate surface area is 113 Å². The highest BCUT2D eigenvalue weighted by molar-refractivity contribution is 8.25. The molecule has 19 heavy (non-hydrogen) atoms. The number of nitrogens with one attached hydrogen (secondary N) is 1. The number of hydrogen-bond donors (Lipinski definition) is 4. The summed E-state index contributed by atoms with van der Waals surface area (Å²) in [6.45, 7) is 2.53. The molecule has 1 fully saturated rings. The molecule has 0 aromatic heterocycles.